The van der Waals surface area contributed by atoms with Gasteiger partial charge in [0, 0.05) is 36.6 Å². The third-order valence-corrected chi connectivity index (χ3v) is 6.01. The van der Waals surface area contributed by atoms with E-state index in [4.69, 9.17) is 0 Å². The summed E-state index contributed by atoms with van der Waals surface area (Å²) < 4.78 is 2.26. The zero-order valence-corrected chi connectivity index (χ0v) is 17.4. The summed E-state index contributed by atoms with van der Waals surface area (Å²) >= 11 is 0. The maximum atomic E-state index is 2.33. The van der Waals surface area contributed by atoms with Crippen molar-refractivity contribution in [3.8, 4) is 11.3 Å². The highest BCUT2D eigenvalue weighted by Gasteiger charge is 2.18. The minimum Gasteiger partial charge on any atom is -0.377 e. The molecule has 0 amide bonds. The third-order valence-electron chi connectivity index (χ3n) is 6.01. The molecule has 0 unspecified atom stereocenters. The second-order valence-electron chi connectivity index (χ2n) is 8.11. The molecule has 0 spiro atoms. The van der Waals surface area contributed by atoms with Crippen LogP contribution in [0, 0.1) is 6.92 Å². The summed E-state index contributed by atoms with van der Waals surface area (Å²) in [5.41, 5.74) is 5.09. The Morgan fingerprint density at radius 3 is 2.00 bits per heavy atom. The monoisotopic (exact) mass is 377 g/mol. The summed E-state index contributed by atoms with van der Waals surface area (Å²) in [5, 5.41) is 7.71. The van der Waals surface area contributed by atoms with Crippen molar-refractivity contribution in [2.75, 3.05) is 19.0 Å². The first-order valence-corrected chi connectivity index (χ1v) is 10.0. The Balaban J connectivity index is 1.83. The van der Waals surface area contributed by atoms with Crippen LogP contribution in [0.1, 0.15) is 5.56 Å². The predicted molar refractivity (Wildman–Crippen MR) is 125 cm³/mol. The predicted octanol–water partition coefficient (Wildman–Crippen LogP) is 6.01. The van der Waals surface area contributed by atoms with Gasteiger partial charge in [-0.2, -0.15) is 0 Å². The SMILES string of the molecule is Cc1c(-c2cc3cc4ccccc4cc3c[n+]2C)cc(N(C)C)c2ccccc12. The highest BCUT2D eigenvalue weighted by molar-refractivity contribution is 6.02. The molecule has 0 aliphatic carbocycles. The maximum absolute atomic E-state index is 2.33. The minimum atomic E-state index is 1.24. The number of nitrogens with zero attached hydrogens (tertiary/aromatic N) is 2. The van der Waals surface area contributed by atoms with Crippen LogP contribution < -0.4 is 9.47 Å². The van der Waals surface area contributed by atoms with E-state index >= 15 is 0 Å². The van der Waals surface area contributed by atoms with Gasteiger partial charge in [-0.1, -0.05) is 48.5 Å². The van der Waals surface area contributed by atoms with Crippen molar-refractivity contribution in [2.45, 2.75) is 6.92 Å². The van der Waals surface area contributed by atoms with Gasteiger partial charge >= 0.3 is 0 Å². The van der Waals surface area contributed by atoms with Crippen LogP contribution in [0.5, 0.6) is 0 Å². The molecular weight excluding hydrogens is 352 g/mol. The van der Waals surface area contributed by atoms with E-state index in [1.54, 1.807) is 0 Å². The molecule has 142 valence electrons. The van der Waals surface area contributed by atoms with Crippen molar-refractivity contribution in [3.05, 3.63) is 84.6 Å². The lowest BCUT2D eigenvalue weighted by molar-refractivity contribution is -0.659. The van der Waals surface area contributed by atoms with Gasteiger partial charge in [0.15, 0.2) is 6.20 Å². The Morgan fingerprint density at radius 1 is 0.690 bits per heavy atom. The van der Waals surface area contributed by atoms with Gasteiger partial charge in [0.25, 0.3) is 0 Å². The zero-order chi connectivity index (χ0) is 20.1. The van der Waals surface area contributed by atoms with Crippen molar-refractivity contribution < 1.29 is 4.57 Å². The first-order chi connectivity index (χ1) is 14.0. The number of aromatic nitrogens is 1. The lowest BCUT2D eigenvalue weighted by atomic mass is 9.94. The van der Waals surface area contributed by atoms with Crippen LogP contribution in [0.2, 0.25) is 0 Å². The standard InChI is InChI=1S/C27H25N2/c1-18-23-11-7-8-12-24(23)26(28(2)3)16-25(18)27-15-21-13-19-9-5-6-10-20(19)14-22(21)17-29(27)4/h5-17H,1-4H3/q+1. The molecule has 2 nitrogen and oxygen atoms in total. The number of benzene rings is 4. The van der Waals surface area contributed by atoms with Crippen molar-refractivity contribution in [2.24, 2.45) is 7.05 Å². The second-order valence-corrected chi connectivity index (χ2v) is 8.11. The largest absolute Gasteiger partial charge is 0.377 e. The number of fused-ring (bicyclic) bond motifs is 3. The Bertz CT molecular complexity index is 1400. The van der Waals surface area contributed by atoms with Gasteiger partial charge in [0.05, 0.1) is 5.56 Å². The normalized spacial score (nSPS) is 11.4. The molecule has 0 N–H and O–H groups in total. The van der Waals surface area contributed by atoms with E-state index in [2.05, 4.69) is 117 Å². The van der Waals surface area contributed by atoms with Gasteiger partial charge in [0.1, 0.15) is 7.05 Å². The first-order valence-electron chi connectivity index (χ1n) is 10.0. The Labute approximate surface area is 171 Å². The smallest absolute Gasteiger partial charge is 0.213 e. The van der Waals surface area contributed by atoms with Crippen LogP contribution in [0.15, 0.2) is 79.0 Å². The van der Waals surface area contributed by atoms with Crippen molar-refractivity contribution in [1.29, 1.82) is 0 Å². The average molecular weight is 378 g/mol. The average Bonchev–Trinajstić information content (AvgIpc) is 2.72. The number of anilines is 1. The van der Waals surface area contributed by atoms with E-state index in [1.165, 1.54) is 54.8 Å². The summed E-state index contributed by atoms with van der Waals surface area (Å²) in [4.78, 5) is 2.21. The van der Waals surface area contributed by atoms with Gasteiger partial charge < -0.3 is 4.90 Å². The third kappa shape index (κ3) is 2.84. The summed E-state index contributed by atoms with van der Waals surface area (Å²) in [6.07, 6.45) is 2.25. The van der Waals surface area contributed by atoms with Crippen LogP contribution in [0.4, 0.5) is 5.69 Å². The first kappa shape index (κ1) is 17.7. The number of hydrogen-bond donors (Lipinski definition) is 0. The quantitative estimate of drug-likeness (QED) is 0.270. The van der Waals surface area contributed by atoms with Crippen LogP contribution in [-0.4, -0.2) is 14.1 Å². The molecule has 0 saturated carbocycles. The number of aryl methyl sites for hydroxylation is 2. The molecule has 5 aromatic rings. The van der Waals surface area contributed by atoms with Crippen molar-refractivity contribution in [3.63, 3.8) is 0 Å². The van der Waals surface area contributed by atoms with E-state index in [0.717, 1.165) is 0 Å². The Morgan fingerprint density at radius 2 is 1.31 bits per heavy atom. The molecule has 5 rings (SSSR count). The van der Waals surface area contributed by atoms with Crippen LogP contribution in [-0.2, 0) is 7.05 Å². The molecule has 0 aliphatic rings. The molecule has 4 aromatic carbocycles. The molecule has 0 atom stereocenters. The molecule has 1 heterocycles. The van der Waals surface area contributed by atoms with Gasteiger partial charge in [-0.3, -0.25) is 0 Å². The summed E-state index contributed by atoms with van der Waals surface area (Å²) in [6, 6.07) is 26.5. The molecule has 0 radical (unpaired) electrons. The summed E-state index contributed by atoms with van der Waals surface area (Å²) in [5.74, 6) is 0. The molecule has 29 heavy (non-hydrogen) atoms. The van der Waals surface area contributed by atoms with E-state index in [-0.39, 0.29) is 0 Å². The molecule has 1 aromatic heterocycles. The van der Waals surface area contributed by atoms with E-state index in [9.17, 15) is 0 Å². The Hall–Kier alpha value is -3.39. The molecule has 0 saturated heterocycles. The number of pyridine rings is 1. The zero-order valence-electron chi connectivity index (χ0n) is 17.4. The number of rotatable bonds is 2. The maximum Gasteiger partial charge on any atom is 0.213 e. The van der Waals surface area contributed by atoms with Gasteiger partial charge in [-0.05, 0) is 52.2 Å². The van der Waals surface area contributed by atoms with E-state index in [0.29, 0.717) is 0 Å². The number of hydrogen-bond acceptors (Lipinski definition) is 1. The second kappa shape index (κ2) is 6.59. The molecule has 0 aliphatic heterocycles. The molecule has 2 heteroatoms. The highest BCUT2D eigenvalue weighted by Crippen LogP contribution is 2.36. The summed E-state index contributed by atoms with van der Waals surface area (Å²) in [7, 11) is 6.38. The fourth-order valence-corrected chi connectivity index (χ4v) is 4.44. The fraction of sp³-hybridized carbons (Fsp3) is 0.148. The molecule has 0 bridgehead atoms. The van der Waals surface area contributed by atoms with Gasteiger partial charge in [0.2, 0.25) is 5.69 Å². The lowest BCUT2D eigenvalue weighted by Gasteiger charge is -2.19. The van der Waals surface area contributed by atoms with Crippen molar-refractivity contribution >= 4 is 38.0 Å². The molecule has 0 fully saturated rings. The van der Waals surface area contributed by atoms with Gasteiger partial charge in [-0.15, -0.1) is 0 Å². The fourth-order valence-electron chi connectivity index (χ4n) is 4.44. The lowest BCUT2D eigenvalue weighted by Crippen LogP contribution is -2.30. The topological polar surface area (TPSA) is 7.12 Å². The van der Waals surface area contributed by atoms with Crippen molar-refractivity contribution in [1.82, 2.24) is 0 Å². The summed E-state index contributed by atoms with van der Waals surface area (Å²) in [6.45, 7) is 2.24. The van der Waals surface area contributed by atoms with Crippen LogP contribution >= 0.6 is 0 Å². The van der Waals surface area contributed by atoms with Gasteiger partial charge in [-0.25, -0.2) is 4.57 Å². The van der Waals surface area contributed by atoms with Crippen LogP contribution in [0.3, 0.4) is 0 Å². The van der Waals surface area contributed by atoms with E-state index < -0.39 is 0 Å². The highest BCUT2D eigenvalue weighted by atomic mass is 15.1. The Kier molecular flexibility index (Phi) is 4.02. The van der Waals surface area contributed by atoms with Crippen LogP contribution in [0.25, 0.3) is 43.6 Å². The molecular formula is C27H25N2+. The minimum absolute atomic E-state index is 1.24. The van der Waals surface area contributed by atoms with E-state index in [1.807, 2.05) is 0 Å².